The molecule has 4 heterocycles. The highest BCUT2D eigenvalue weighted by Crippen LogP contribution is 2.32. The van der Waals surface area contributed by atoms with Crippen LogP contribution in [-0.4, -0.2) is 37.5 Å². The molecule has 29 heavy (non-hydrogen) atoms. The molecule has 3 aromatic heterocycles. The van der Waals surface area contributed by atoms with Crippen molar-refractivity contribution < 1.29 is 9.53 Å². The van der Waals surface area contributed by atoms with Gasteiger partial charge in [-0.25, -0.2) is 9.97 Å². The van der Waals surface area contributed by atoms with E-state index in [4.69, 9.17) is 10.5 Å². The molecule has 1 amide bonds. The average molecular weight is 455 g/mol. The molecule has 1 fully saturated rings. The van der Waals surface area contributed by atoms with E-state index in [1.165, 1.54) is 0 Å². The normalized spacial score (nSPS) is 15.5. The lowest BCUT2D eigenvalue weighted by Crippen LogP contribution is -2.33. The maximum absolute atomic E-state index is 13.3. The number of pyridine rings is 2. The van der Waals surface area contributed by atoms with Crippen LogP contribution in [0.5, 0.6) is 0 Å². The summed E-state index contributed by atoms with van der Waals surface area (Å²) in [6.07, 6.45) is 3.91. The molecule has 148 valence electrons. The Labute approximate surface area is 175 Å². The highest BCUT2D eigenvalue weighted by Gasteiger charge is 2.29. The topological polar surface area (TPSA) is 107 Å². The molecular formula is C20H19BrN6O2. The predicted octanol–water partition coefficient (Wildman–Crippen LogP) is 2.85. The van der Waals surface area contributed by atoms with Crippen LogP contribution in [0.25, 0.3) is 10.9 Å². The molecule has 3 aromatic rings. The lowest BCUT2D eigenvalue weighted by molar-refractivity contribution is 0.0726. The number of nitrogens with two attached hydrogens (primary N) is 1. The molecule has 0 radical (unpaired) electrons. The van der Waals surface area contributed by atoms with E-state index in [2.05, 4.69) is 36.1 Å². The van der Waals surface area contributed by atoms with Crippen molar-refractivity contribution in [1.29, 1.82) is 0 Å². The standard InChI is InChI=1S/C20H19BrN6O2/c21-18-4-3-12(25-26-18)8-27(7-11-1-2-11)20(28)16-5-13-14-9-29-10-15(14)19(22)24-17(13)6-23-16/h3-6,11H,1-2,7-10H2,(H2,22,24). The van der Waals surface area contributed by atoms with Crippen molar-refractivity contribution in [3.63, 3.8) is 0 Å². The molecule has 0 spiro atoms. The molecule has 2 aliphatic rings. The maximum Gasteiger partial charge on any atom is 0.272 e. The predicted molar refractivity (Wildman–Crippen MR) is 110 cm³/mol. The van der Waals surface area contributed by atoms with Gasteiger partial charge in [-0.2, -0.15) is 5.10 Å². The number of aromatic nitrogens is 4. The second kappa shape index (κ2) is 7.31. The maximum atomic E-state index is 13.3. The number of hydrogen-bond acceptors (Lipinski definition) is 7. The smallest absolute Gasteiger partial charge is 0.272 e. The van der Waals surface area contributed by atoms with E-state index in [1.54, 1.807) is 6.20 Å². The van der Waals surface area contributed by atoms with E-state index in [9.17, 15) is 4.79 Å². The van der Waals surface area contributed by atoms with Gasteiger partial charge < -0.3 is 15.4 Å². The summed E-state index contributed by atoms with van der Waals surface area (Å²) in [5.74, 6) is 0.894. The molecule has 0 saturated heterocycles. The number of nitrogen functional groups attached to an aromatic ring is 1. The first-order valence-corrected chi connectivity index (χ1v) is 10.3. The van der Waals surface area contributed by atoms with E-state index < -0.39 is 0 Å². The second-order valence-electron chi connectivity index (χ2n) is 7.51. The van der Waals surface area contributed by atoms with E-state index in [0.29, 0.717) is 53.9 Å². The third-order valence-corrected chi connectivity index (χ3v) is 5.76. The summed E-state index contributed by atoms with van der Waals surface area (Å²) >= 11 is 3.29. The molecule has 1 aliphatic carbocycles. The fraction of sp³-hybridized carbons (Fsp3) is 0.350. The average Bonchev–Trinajstić information content (AvgIpc) is 3.39. The monoisotopic (exact) mass is 454 g/mol. The van der Waals surface area contributed by atoms with Crippen molar-refractivity contribution >= 4 is 38.6 Å². The number of nitrogens with zero attached hydrogens (tertiary/aromatic N) is 5. The fourth-order valence-electron chi connectivity index (χ4n) is 3.61. The van der Waals surface area contributed by atoms with Crippen LogP contribution in [-0.2, 0) is 24.5 Å². The van der Waals surface area contributed by atoms with Crippen molar-refractivity contribution in [3.8, 4) is 0 Å². The zero-order valence-corrected chi connectivity index (χ0v) is 17.2. The molecule has 8 nitrogen and oxygen atoms in total. The zero-order chi connectivity index (χ0) is 20.0. The Bertz CT molecular complexity index is 1100. The van der Waals surface area contributed by atoms with Crippen LogP contribution in [0.2, 0.25) is 0 Å². The van der Waals surface area contributed by atoms with Gasteiger partial charge in [0.1, 0.15) is 16.1 Å². The first kappa shape index (κ1) is 18.4. The van der Waals surface area contributed by atoms with Gasteiger partial charge in [0.05, 0.1) is 37.2 Å². The highest BCUT2D eigenvalue weighted by molar-refractivity contribution is 9.10. The SMILES string of the molecule is Nc1nc2cnc(C(=O)N(Cc3ccc(Br)nn3)CC3CC3)cc2c2c1COC2. The van der Waals surface area contributed by atoms with Crippen LogP contribution in [0.1, 0.15) is 40.2 Å². The number of rotatable bonds is 5. The van der Waals surface area contributed by atoms with Crippen LogP contribution < -0.4 is 5.73 Å². The van der Waals surface area contributed by atoms with E-state index in [1.807, 2.05) is 23.1 Å². The minimum atomic E-state index is -0.118. The number of carbonyl (C=O) groups is 1. The molecule has 1 saturated carbocycles. The molecule has 9 heteroatoms. The van der Waals surface area contributed by atoms with Crippen molar-refractivity contribution in [3.05, 3.63) is 51.5 Å². The van der Waals surface area contributed by atoms with Crippen molar-refractivity contribution in [1.82, 2.24) is 25.1 Å². The van der Waals surface area contributed by atoms with E-state index >= 15 is 0 Å². The highest BCUT2D eigenvalue weighted by atomic mass is 79.9. The van der Waals surface area contributed by atoms with E-state index in [0.717, 1.165) is 35.0 Å². The first-order valence-electron chi connectivity index (χ1n) is 9.50. The summed E-state index contributed by atoms with van der Waals surface area (Å²) < 4.78 is 6.21. The number of halogens is 1. The van der Waals surface area contributed by atoms with Crippen molar-refractivity contribution in [2.24, 2.45) is 5.92 Å². The first-order chi connectivity index (χ1) is 14.1. The number of ether oxygens (including phenoxy) is 1. The second-order valence-corrected chi connectivity index (χ2v) is 8.32. The van der Waals surface area contributed by atoms with Crippen LogP contribution in [0.3, 0.4) is 0 Å². The third kappa shape index (κ3) is 3.67. The van der Waals surface area contributed by atoms with Crippen LogP contribution in [0.15, 0.2) is 29.0 Å². The lowest BCUT2D eigenvalue weighted by atomic mass is 10.1. The van der Waals surface area contributed by atoms with Gasteiger partial charge in [0.25, 0.3) is 5.91 Å². The van der Waals surface area contributed by atoms with Gasteiger partial charge >= 0.3 is 0 Å². The molecule has 0 aromatic carbocycles. The van der Waals surface area contributed by atoms with Crippen LogP contribution in [0, 0.1) is 5.92 Å². The van der Waals surface area contributed by atoms with Crippen LogP contribution >= 0.6 is 15.9 Å². The largest absolute Gasteiger partial charge is 0.383 e. The van der Waals surface area contributed by atoms with Gasteiger partial charge in [-0.1, -0.05) is 0 Å². The summed E-state index contributed by atoms with van der Waals surface area (Å²) in [6, 6.07) is 5.51. The summed E-state index contributed by atoms with van der Waals surface area (Å²) in [5.41, 5.74) is 9.75. The zero-order valence-electron chi connectivity index (χ0n) is 15.6. The van der Waals surface area contributed by atoms with Crippen molar-refractivity contribution in [2.75, 3.05) is 12.3 Å². The minimum Gasteiger partial charge on any atom is -0.383 e. The number of hydrogen-bond donors (Lipinski definition) is 1. The quantitative estimate of drug-likeness (QED) is 0.631. The Balaban J connectivity index is 1.48. The van der Waals surface area contributed by atoms with Gasteiger partial charge in [-0.3, -0.25) is 4.79 Å². The summed E-state index contributed by atoms with van der Waals surface area (Å²) in [7, 11) is 0. The molecule has 5 rings (SSSR count). The third-order valence-electron chi connectivity index (χ3n) is 5.34. The van der Waals surface area contributed by atoms with Gasteiger partial charge in [0, 0.05) is 17.5 Å². The number of fused-ring (bicyclic) bond motifs is 3. The molecular weight excluding hydrogens is 436 g/mol. The lowest BCUT2D eigenvalue weighted by Gasteiger charge is -2.22. The molecule has 0 bridgehead atoms. The number of anilines is 1. The number of carbonyl (C=O) groups excluding carboxylic acids is 1. The summed E-state index contributed by atoms with van der Waals surface area (Å²) in [6.45, 7) is 2.01. The summed E-state index contributed by atoms with van der Waals surface area (Å²) in [4.78, 5) is 23.9. The van der Waals surface area contributed by atoms with Crippen molar-refractivity contribution in [2.45, 2.75) is 32.6 Å². The minimum absolute atomic E-state index is 0.118. The van der Waals surface area contributed by atoms with Crippen LogP contribution in [0.4, 0.5) is 5.82 Å². The Morgan fingerprint density at radius 2 is 2.07 bits per heavy atom. The summed E-state index contributed by atoms with van der Waals surface area (Å²) in [5, 5.41) is 9.08. The van der Waals surface area contributed by atoms with Gasteiger partial charge in [0.15, 0.2) is 0 Å². The van der Waals surface area contributed by atoms with Gasteiger partial charge in [-0.15, -0.1) is 5.10 Å². The van der Waals surface area contributed by atoms with Gasteiger partial charge in [-0.05, 0) is 58.5 Å². The van der Waals surface area contributed by atoms with E-state index in [-0.39, 0.29) is 5.91 Å². The van der Waals surface area contributed by atoms with Gasteiger partial charge in [0.2, 0.25) is 0 Å². The Hall–Kier alpha value is -2.65. The Morgan fingerprint density at radius 3 is 2.83 bits per heavy atom. The molecule has 1 aliphatic heterocycles. The number of amides is 1. The fourth-order valence-corrected chi connectivity index (χ4v) is 3.82. The Kier molecular flexibility index (Phi) is 4.63. The molecule has 0 unspecified atom stereocenters. The molecule has 0 atom stereocenters. The Morgan fingerprint density at radius 1 is 1.24 bits per heavy atom. The molecule has 2 N–H and O–H groups in total.